The van der Waals surface area contributed by atoms with Gasteiger partial charge in [-0.25, -0.2) is 14.8 Å². The van der Waals surface area contributed by atoms with Crippen molar-refractivity contribution in [3.8, 4) is 0 Å². The Morgan fingerprint density at radius 3 is 2.41 bits per heavy atom. The molecular weight excluding hydrogens is 218 g/mol. The van der Waals surface area contributed by atoms with Crippen LogP contribution in [-0.4, -0.2) is 23.6 Å². The minimum absolute atomic E-state index is 0.243. The molecule has 0 saturated heterocycles. The third kappa shape index (κ3) is 3.27. The SMILES string of the molecule is C=NN(/C(C)=N/C(=C)C(=O)O)c1ccccc1. The molecule has 88 valence electrons. The van der Waals surface area contributed by atoms with Crippen LogP contribution in [0.25, 0.3) is 0 Å². The van der Waals surface area contributed by atoms with Gasteiger partial charge >= 0.3 is 5.97 Å². The molecule has 17 heavy (non-hydrogen) atoms. The Bertz CT molecular complexity index is 466. The molecule has 0 fully saturated rings. The summed E-state index contributed by atoms with van der Waals surface area (Å²) >= 11 is 0. The van der Waals surface area contributed by atoms with E-state index in [-0.39, 0.29) is 5.70 Å². The molecule has 0 spiro atoms. The summed E-state index contributed by atoms with van der Waals surface area (Å²) in [6.07, 6.45) is 0. The van der Waals surface area contributed by atoms with Gasteiger partial charge in [-0.2, -0.15) is 5.10 Å². The Morgan fingerprint density at radius 1 is 1.35 bits per heavy atom. The second-order valence-corrected chi connectivity index (χ2v) is 3.20. The van der Waals surface area contributed by atoms with E-state index in [0.29, 0.717) is 5.84 Å². The second-order valence-electron chi connectivity index (χ2n) is 3.20. The molecule has 0 amide bonds. The number of carboxylic acids is 1. The highest BCUT2D eigenvalue weighted by atomic mass is 16.4. The summed E-state index contributed by atoms with van der Waals surface area (Å²) in [4.78, 5) is 14.4. The molecule has 1 aromatic rings. The molecule has 0 aliphatic carbocycles. The van der Waals surface area contributed by atoms with Crippen LogP contribution in [0.2, 0.25) is 0 Å². The fraction of sp³-hybridized carbons (Fsp3) is 0.0833. The molecule has 0 atom stereocenters. The van der Waals surface area contributed by atoms with Crippen LogP contribution >= 0.6 is 0 Å². The fourth-order valence-corrected chi connectivity index (χ4v) is 1.23. The van der Waals surface area contributed by atoms with Crippen LogP contribution in [0.5, 0.6) is 0 Å². The molecule has 1 N–H and O–H groups in total. The normalized spacial score (nSPS) is 10.8. The van der Waals surface area contributed by atoms with Crippen molar-refractivity contribution >= 4 is 24.2 Å². The molecule has 1 rings (SSSR count). The lowest BCUT2D eigenvalue weighted by Crippen LogP contribution is -2.22. The molecule has 5 nitrogen and oxygen atoms in total. The van der Waals surface area contributed by atoms with Gasteiger partial charge < -0.3 is 5.11 Å². The van der Waals surface area contributed by atoms with Crippen molar-refractivity contribution in [2.24, 2.45) is 10.1 Å². The van der Waals surface area contributed by atoms with Crippen LogP contribution in [0.3, 0.4) is 0 Å². The molecule has 0 heterocycles. The van der Waals surface area contributed by atoms with Gasteiger partial charge in [0.05, 0.1) is 5.69 Å². The number of aliphatic imine (C=N–C) groups is 1. The number of hydrazone groups is 1. The van der Waals surface area contributed by atoms with Crippen LogP contribution in [0.4, 0.5) is 5.69 Å². The topological polar surface area (TPSA) is 65.3 Å². The third-order valence-corrected chi connectivity index (χ3v) is 1.99. The number of carboxylic acid groups (broad SMARTS) is 1. The van der Waals surface area contributed by atoms with Gasteiger partial charge in [0.15, 0.2) is 0 Å². The first-order valence-electron chi connectivity index (χ1n) is 4.85. The predicted molar refractivity (Wildman–Crippen MR) is 68.4 cm³/mol. The van der Waals surface area contributed by atoms with Gasteiger partial charge in [-0.1, -0.05) is 24.8 Å². The Labute approximate surface area is 99.4 Å². The second kappa shape index (κ2) is 5.60. The lowest BCUT2D eigenvalue weighted by atomic mass is 10.3. The average molecular weight is 231 g/mol. The highest BCUT2D eigenvalue weighted by Gasteiger charge is 2.09. The van der Waals surface area contributed by atoms with Crippen LogP contribution in [-0.2, 0) is 4.79 Å². The van der Waals surface area contributed by atoms with Crippen LogP contribution in [0, 0.1) is 0 Å². The van der Waals surface area contributed by atoms with Gasteiger partial charge in [0.2, 0.25) is 0 Å². The summed E-state index contributed by atoms with van der Waals surface area (Å²) in [7, 11) is 0. The first-order valence-corrected chi connectivity index (χ1v) is 4.85. The van der Waals surface area contributed by atoms with E-state index in [1.165, 1.54) is 5.01 Å². The van der Waals surface area contributed by atoms with E-state index < -0.39 is 5.97 Å². The minimum atomic E-state index is -1.17. The summed E-state index contributed by atoms with van der Waals surface area (Å²) in [6, 6.07) is 9.18. The number of benzene rings is 1. The van der Waals surface area contributed by atoms with E-state index >= 15 is 0 Å². The summed E-state index contributed by atoms with van der Waals surface area (Å²) in [5, 5.41) is 13.9. The highest BCUT2D eigenvalue weighted by Crippen LogP contribution is 2.14. The van der Waals surface area contributed by atoms with Crippen molar-refractivity contribution in [3.63, 3.8) is 0 Å². The fourth-order valence-electron chi connectivity index (χ4n) is 1.23. The maximum atomic E-state index is 10.6. The van der Waals surface area contributed by atoms with Crippen LogP contribution < -0.4 is 5.01 Å². The zero-order valence-electron chi connectivity index (χ0n) is 9.50. The van der Waals surface area contributed by atoms with Gasteiger partial charge in [0, 0.05) is 6.72 Å². The predicted octanol–water partition coefficient (Wildman–Crippen LogP) is 2.13. The maximum Gasteiger partial charge on any atom is 0.353 e. The van der Waals surface area contributed by atoms with Crippen molar-refractivity contribution in [2.45, 2.75) is 6.92 Å². The lowest BCUT2D eigenvalue weighted by Gasteiger charge is -2.17. The van der Waals surface area contributed by atoms with Crippen molar-refractivity contribution in [1.82, 2.24) is 0 Å². The van der Waals surface area contributed by atoms with E-state index in [1.807, 2.05) is 30.3 Å². The molecule has 0 aliphatic rings. The number of hydrogen-bond donors (Lipinski definition) is 1. The number of rotatable bonds is 4. The van der Waals surface area contributed by atoms with Crippen molar-refractivity contribution in [3.05, 3.63) is 42.6 Å². The summed E-state index contributed by atoms with van der Waals surface area (Å²) < 4.78 is 0. The Morgan fingerprint density at radius 2 is 1.94 bits per heavy atom. The number of carbonyl (C=O) groups is 1. The number of anilines is 1. The summed E-state index contributed by atoms with van der Waals surface area (Å²) in [6.45, 7) is 8.39. The molecule has 5 heteroatoms. The molecule has 0 saturated carbocycles. The molecule has 0 unspecified atom stereocenters. The van der Waals surface area contributed by atoms with E-state index in [0.717, 1.165) is 5.69 Å². The lowest BCUT2D eigenvalue weighted by molar-refractivity contribution is -0.132. The molecule has 0 bridgehead atoms. The number of para-hydroxylation sites is 1. The standard InChI is InChI=1S/C12H13N3O2/c1-9(12(16)17)14-10(2)15(13-3)11-7-5-4-6-8-11/h4-8H,1,3H2,2H3,(H,16,17)/b14-10+. The molecular formula is C12H13N3O2. The Balaban J connectivity index is 3.00. The first-order chi connectivity index (χ1) is 8.06. The van der Waals surface area contributed by atoms with Gasteiger partial charge in [0.25, 0.3) is 0 Å². The quantitative estimate of drug-likeness (QED) is 0.373. The first kappa shape index (κ1) is 12.6. The van der Waals surface area contributed by atoms with E-state index in [1.54, 1.807) is 6.92 Å². The van der Waals surface area contributed by atoms with Crippen molar-refractivity contribution in [1.29, 1.82) is 0 Å². The molecule has 0 radical (unpaired) electrons. The maximum absolute atomic E-state index is 10.6. The number of hydrogen-bond acceptors (Lipinski definition) is 3. The van der Waals surface area contributed by atoms with Crippen LogP contribution in [0.15, 0.2) is 52.7 Å². The van der Waals surface area contributed by atoms with Crippen molar-refractivity contribution in [2.75, 3.05) is 5.01 Å². The van der Waals surface area contributed by atoms with Crippen LogP contribution in [0.1, 0.15) is 6.92 Å². The van der Waals surface area contributed by atoms with E-state index in [9.17, 15) is 4.79 Å². The number of aliphatic carboxylic acids is 1. The Kier molecular flexibility index (Phi) is 4.16. The Hall–Kier alpha value is -2.43. The van der Waals surface area contributed by atoms with Gasteiger partial charge in [-0.05, 0) is 19.1 Å². The summed E-state index contributed by atoms with van der Waals surface area (Å²) in [5.41, 5.74) is 0.508. The monoisotopic (exact) mass is 231 g/mol. The largest absolute Gasteiger partial charge is 0.477 e. The van der Waals surface area contributed by atoms with Gasteiger partial charge in [-0.3, -0.25) is 0 Å². The molecule has 0 aromatic heterocycles. The molecule has 0 aliphatic heterocycles. The van der Waals surface area contributed by atoms with Crippen molar-refractivity contribution < 1.29 is 9.90 Å². The van der Waals surface area contributed by atoms with Gasteiger partial charge in [-0.15, -0.1) is 0 Å². The average Bonchev–Trinajstić information content (AvgIpc) is 2.31. The molecule has 1 aromatic carbocycles. The highest BCUT2D eigenvalue weighted by molar-refractivity contribution is 5.99. The zero-order valence-corrected chi connectivity index (χ0v) is 9.50. The van der Waals surface area contributed by atoms with E-state index in [4.69, 9.17) is 5.11 Å². The summed E-state index contributed by atoms with van der Waals surface area (Å²) in [5.74, 6) is -0.778. The smallest absolute Gasteiger partial charge is 0.353 e. The minimum Gasteiger partial charge on any atom is -0.477 e. The third-order valence-electron chi connectivity index (χ3n) is 1.99. The van der Waals surface area contributed by atoms with E-state index in [2.05, 4.69) is 23.4 Å². The number of nitrogens with zero attached hydrogens (tertiary/aromatic N) is 3. The number of amidine groups is 1. The van der Waals surface area contributed by atoms with Gasteiger partial charge in [0.1, 0.15) is 11.5 Å². The zero-order chi connectivity index (χ0) is 12.8.